The van der Waals surface area contributed by atoms with Gasteiger partial charge in [-0.25, -0.2) is 0 Å². The minimum atomic E-state index is -0.363. The lowest BCUT2D eigenvalue weighted by Crippen LogP contribution is -2.10. The van der Waals surface area contributed by atoms with Crippen molar-refractivity contribution < 1.29 is 23.8 Å². The molecule has 0 aromatic heterocycles. The summed E-state index contributed by atoms with van der Waals surface area (Å²) in [5.41, 5.74) is 3.23. The largest absolute Gasteiger partial charge is 0.497 e. The Balaban J connectivity index is 2.48. The number of oxime groups is 1. The Labute approximate surface area is 165 Å². The van der Waals surface area contributed by atoms with Gasteiger partial charge in [-0.15, -0.1) is 0 Å². The standard InChI is InChI=1S/C22H25NO5/c1-5-28-22(24)15-18(23-27-4)14-21(16-6-10-19(25-2)11-7-16)17-8-12-20(26-3)13-9-17/h6-14H,5,15H2,1-4H3/b23-18-. The lowest BCUT2D eigenvalue weighted by molar-refractivity contribution is -0.141. The molecule has 28 heavy (non-hydrogen) atoms. The molecule has 0 saturated carbocycles. The van der Waals surface area contributed by atoms with Gasteiger partial charge in [-0.05, 0) is 54.0 Å². The molecule has 6 nitrogen and oxygen atoms in total. The van der Waals surface area contributed by atoms with E-state index >= 15 is 0 Å². The van der Waals surface area contributed by atoms with Gasteiger partial charge in [-0.3, -0.25) is 4.79 Å². The minimum absolute atomic E-state index is 0.0114. The number of nitrogens with zero attached hydrogens (tertiary/aromatic N) is 1. The number of hydrogen-bond acceptors (Lipinski definition) is 6. The number of hydrogen-bond donors (Lipinski definition) is 0. The highest BCUT2D eigenvalue weighted by atomic mass is 16.6. The number of allylic oxidation sites excluding steroid dienone is 1. The Morgan fingerprint density at radius 1 is 0.893 bits per heavy atom. The number of rotatable bonds is 9. The first-order valence-corrected chi connectivity index (χ1v) is 8.87. The Bertz CT molecular complexity index is 774. The third-order valence-corrected chi connectivity index (χ3v) is 3.95. The zero-order valence-electron chi connectivity index (χ0n) is 16.6. The van der Waals surface area contributed by atoms with Crippen LogP contribution in [0.5, 0.6) is 11.5 Å². The van der Waals surface area contributed by atoms with Crippen molar-refractivity contribution in [1.82, 2.24) is 0 Å². The van der Waals surface area contributed by atoms with E-state index in [0.717, 1.165) is 28.2 Å². The van der Waals surface area contributed by atoms with Crippen LogP contribution in [0, 0.1) is 0 Å². The van der Waals surface area contributed by atoms with Crippen molar-refractivity contribution in [3.05, 3.63) is 65.7 Å². The van der Waals surface area contributed by atoms with Gasteiger partial charge in [-0.2, -0.15) is 0 Å². The summed E-state index contributed by atoms with van der Waals surface area (Å²) >= 11 is 0. The van der Waals surface area contributed by atoms with E-state index in [2.05, 4.69) is 5.16 Å². The molecule has 2 aromatic rings. The van der Waals surface area contributed by atoms with E-state index in [1.165, 1.54) is 7.11 Å². The van der Waals surface area contributed by atoms with Crippen molar-refractivity contribution in [3.8, 4) is 11.5 Å². The maximum atomic E-state index is 11.9. The first-order valence-electron chi connectivity index (χ1n) is 8.87. The van der Waals surface area contributed by atoms with Crippen LogP contribution in [0.1, 0.15) is 24.5 Å². The van der Waals surface area contributed by atoms with Gasteiger partial charge in [0.15, 0.2) is 0 Å². The molecular formula is C22H25NO5. The van der Waals surface area contributed by atoms with Gasteiger partial charge >= 0.3 is 5.97 Å². The number of ether oxygens (including phenoxy) is 3. The smallest absolute Gasteiger partial charge is 0.311 e. The molecule has 0 N–H and O–H groups in total. The molecule has 0 saturated heterocycles. The van der Waals surface area contributed by atoms with Crippen LogP contribution >= 0.6 is 0 Å². The fourth-order valence-corrected chi connectivity index (χ4v) is 2.63. The maximum absolute atomic E-state index is 11.9. The van der Waals surface area contributed by atoms with E-state index in [9.17, 15) is 4.79 Å². The summed E-state index contributed by atoms with van der Waals surface area (Å²) < 4.78 is 15.5. The van der Waals surface area contributed by atoms with Crippen molar-refractivity contribution >= 4 is 17.3 Å². The molecule has 0 spiro atoms. The fourth-order valence-electron chi connectivity index (χ4n) is 2.63. The van der Waals surface area contributed by atoms with Crippen LogP contribution in [0.15, 0.2) is 59.8 Å². The SMILES string of the molecule is CCOC(=O)C/C(C=C(c1ccc(OC)cc1)c1ccc(OC)cc1)=N\OC. The van der Waals surface area contributed by atoms with E-state index < -0.39 is 0 Å². The summed E-state index contributed by atoms with van der Waals surface area (Å²) in [5, 5.41) is 3.99. The van der Waals surface area contributed by atoms with E-state index in [-0.39, 0.29) is 12.4 Å². The summed E-state index contributed by atoms with van der Waals surface area (Å²) in [5.74, 6) is 1.16. The van der Waals surface area contributed by atoms with Crippen molar-refractivity contribution in [3.63, 3.8) is 0 Å². The highest BCUT2D eigenvalue weighted by molar-refractivity contribution is 6.10. The van der Waals surface area contributed by atoms with Crippen LogP contribution in [-0.4, -0.2) is 39.6 Å². The lowest BCUT2D eigenvalue weighted by atomic mass is 9.96. The predicted octanol–water partition coefficient (Wildman–Crippen LogP) is 4.09. The van der Waals surface area contributed by atoms with Crippen molar-refractivity contribution in [2.24, 2.45) is 5.16 Å². The Hall–Kier alpha value is -3.28. The number of carbonyl (C=O) groups is 1. The van der Waals surface area contributed by atoms with Crippen LogP contribution in [0.4, 0.5) is 0 Å². The Morgan fingerprint density at radius 2 is 1.39 bits per heavy atom. The van der Waals surface area contributed by atoms with Gasteiger partial charge in [0.05, 0.1) is 33.0 Å². The van der Waals surface area contributed by atoms with Gasteiger partial charge in [0.1, 0.15) is 18.6 Å². The molecule has 6 heteroatoms. The quantitative estimate of drug-likeness (QED) is 0.371. The molecule has 148 valence electrons. The van der Waals surface area contributed by atoms with Gasteiger partial charge in [0.2, 0.25) is 0 Å². The zero-order chi connectivity index (χ0) is 20.4. The summed E-state index contributed by atoms with van der Waals surface area (Å²) in [6.07, 6.45) is 1.83. The van der Waals surface area contributed by atoms with Crippen LogP contribution in [0.2, 0.25) is 0 Å². The minimum Gasteiger partial charge on any atom is -0.497 e. The molecule has 0 unspecified atom stereocenters. The molecular weight excluding hydrogens is 358 g/mol. The van der Waals surface area contributed by atoms with Crippen molar-refractivity contribution in [2.75, 3.05) is 27.9 Å². The zero-order valence-corrected chi connectivity index (χ0v) is 16.6. The summed E-state index contributed by atoms with van der Waals surface area (Å²) in [4.78, 5) is 16.9. The monoisotopic (exact) mass is 383 g/mol. The molecule has 0 heterocycles. The molecule has 0 atom stereocenters. The van der Waals surface area contributed by atoms with E-state index in [1.54, 1.807) is 21.1 Å². The number of esters is 1. The first kappa shape index (κ1) is 21.0. The van der Waals surface area contributed by atoms with E-state index in [0.29, 0.717) is 12.3 Å². The first-order chi connectivity index (χ1) is 13.6. The molecule has 2 aromatic carbocycles. The predicted molar refractivity (Wildman–Crippen MR) is 109 cm³/mol. The summed E-state index contributed by atoms with van der Waals surface area (Å²) in [6, 6.07) is 15.3. The molecule has 0 bridgehead atoms. The number of carbonyl (C=O) groups excluding carboxylic acids is 1. The van der Waals surface area contributed by atoms with Gasteiger partial charge in [0, 0.05) is 0 Å². The molecule has 0 amide bonds. The van der Waals surface area contributed by atoms with Crippen molar-refractivity contribution in [2.45, 2.75) is 13.3 Å². The highest BCUT2D eigenvalue weighted by Gasteiger charge is 2.12. The molecule has 2 rings (SSSR count). The number of methoxy groups -OCH3 is 2. The molecule has 0 radical (unpaired) electrons. The third kappa shape index (κ3) is 5.87. The second kappa shape index (κ2) is 10.8. The van der Waals surface area contributed by atoms with Gasteiger partial charge < -0.3 is 19.0 Å². The molecule has 0 fully saturated rings. The maximum Gasteiger partial charge on any atom is 0.311 e. The third-order valence-electron chi connectivity index (χ3n) is 3.95. The van der Waals surface area contributed by atoms with Crippen LogP contribution in [0.25, 0.3) is 5.57 Å². The van der Waals surface area contributed by atoms with E-state index in [4.69, 9.17) is 19.0 Å². The fraction of sp³-hybridized carbons (Fsp3) is 0.273. The lowest BCUT2D eigenvalue weighted by Gasteiger charge is -2.11. The van der Waals surface area contributed by atoms with Crippen LogP contribution < -0.4 is 9.47 Å². The Kier molecular flexibility index (Phi) is 8.09. The van der Waals surface area contributed by atoms with E-state index in [1.807, 2.05) is 54.6 Å². The average molecular weight is 383 g/mol. The molecule has 0 aliphatic heterocycles. The van der Waals surface area contributed by atoms with Crippen LogP contribution in [0.3, 0.4) is 0 Å². The number of benzene rings is 2. The topological polar surface area (TPSA) is 66.4 Å². The second-order valence-corrected chi connectivity index (χ2v) is 5.76. The molecule has 0 aliphatic rings. The Morgan fingerprint density at radius 3 is 1.79 bits per heavy atom. The highest BCUT2D eigenvalue weighted by Crippen LogP contribution is 2.27. The summed E-state index contributed by atoms with van der Waals surface area (Å²) in [7, 11) is 4.69. The van der Waals surface area contributed by atoms with Crippen molar-refractivity contribution in [1.29, 1.82) is 0 Å². The van der Waals surface area contributed by atoms with Gasteiger partial charge in [-0.1, -0.05) is 29.4 Å². The van der Waals surface area contributed by atoms with Gasteiger partial charge in [0.25, 0.3) is 0 Å². The normalized spacial score (nSPS) is 10.8. The second-order valence-electron chi connectivity index (χ2n) is 5.76. The van der Waals surface area contributed by atoms with Crippen LogP contribution in [-0.2, 0) is 14.4 Å². The summed E-state index contributed by atoms with van der Waals surface area (Å²) in [6.45, 7) is 2.08. The average Bonchev–Trinajstić information content (AvgIpc) is 2.72. The molecule has 0 aliphatic carbocycles.